The number of amides is 1. The normalized spacial score (nSPS) is 17.4. The summed E-state index contributed by atoms with van der Waals surface area (Å²) in [4.78, 5) is 14.5. The largest absolute Gasteiger partial charge is 0.323 e. The fraction of sp³-hybridized carbons (Fsp3) is 0.389. The second-order valence-corrected chi connectivity index (χ2v) is 9.95. The molecule has 1 saturated heterocycles. The second-order valence-electron chi connectivity index (χ2n) is 6.65. The molecule has 1 fully saturated rings. The smallest absolute Gasteiger partial charge is 0.250 e. The average Bonchev–Trinajstić information content (AvgIpc) is 3.19. The van der Waals surface area contributed by atoms with E-state index in [-0.39, 0.29) is 17.0 Å². The Labute approximate surface area is 172 Å². The van der Waals surface area contributed by atoms with Gasteiger partial charge in [-0.15, -0.1) is 11.3 Å². The van der Waals surface area contributed by atoms with Gasteiger partial charge in [-0.1, -0.05) is 17.7 Å². The molecule has 1 atom stereocenters. The molecule has 152 valence electrons. The summed E-state index contributed by atoms with van der Waals surface area (Å²) < 4.78 is 40.8. The van der Waals surface area contributed by atoms with Crippen LogP contribution in [0.5, 0.6) is 0 Å². The highest BCUT2D eigenvalue weighted by molar-refractivity contribution is 7.91. The summed E-state index contributed by atoms with van der Waals surface area (Å²) in [6.45, 7) is 2.95. The van der Waals surface area contributed by atoms with Crippen molar-refractivity contribution >= 4 is 44.6 Å². The molecule has 1 aliphatic rings. The molecule has 2 aromatic rings. The number of carbonyl (C=O) groups excluding carboxylic acids is 1. The lowest BCUT2D eigenvalue weighted by atomic mass is 10.0. The molecule has 1 amide bonds. The molecule has 28 heavy (non-hydrogen) atoms. The van der Waals surface area contributed by atoms with Gasteiger partial charge in [0.2, 0.25) is 15.9 Å². The molecule has 0 bridgehead atoms. The lowest BCUT2D eigenvalue weighted by Gasteiger charge is -2.35. The Bertz CT molecular complexity index is 930. The fourth-order valence-corrected chi connectivity index (χ4v) is 5.62. The summed E-state index contributed by atoms with van der Waals surface area (Å²) in [7, 11) is -3.49. The van der Waals surface area contributed by atoms with Crippen molar-refractivity contribution in [3.63, 3.8) is 0 Å². The van der Waals surface area contributed by atoms with Crippen LogP contribution in [0.15, 0.2) is 39.9 Å². The molecule has 10 heteroatoms. The van der Waals surface area contributed by atoms with E-state index in [0.29, 0.717) is 35.8 Å². The van der Waals surface area contributed by atoms with Gasteiger partial charge in [0, 0.05) is 19.1 Å². The third-order valence-corrected chi connectivity index (χ3v) is 7.96. The van der Waals surface area contributed by atoms with Crippen molar-refractivity contribution in [3.8, 4) is 0 Å². The third kappa shape index (κ3) is 5.09. The van der Waals surface area contributed by atoms with Crippen molar-refractivity contribution in [1.82, 2.24) is 9.62 Å². The molecule has 1 aromatic heterocycles. The zero-order chi connectivity index (χ0) is 20.3. The van der Waals surface area contributed by atoms with E-state index >= 15 is 0 Å². The number of hydrogen-bond donors (Lipinski definition) is 2. The summed E-state index contributed by atoms with van der Waals surface area (Å²) in [5.74, 6) is -0.714. The van der Waals surface area contributed by atoms with E-state index in [1.54, 1.807) is 24.4 Å². The highest BCUT2D eigenvalue weighted by Crippen LogP contribution is 2.24. The summed E-state index contributed by atoms with van der Waals surface area (Å²) in [5, 5.41) is 4.58. The molecule has 0 unspecified atom stereocenters. The zero-order valence-corrected chi connectivity index (χ0v) is 17.6. The Kier molecular flexibility index (Phi) is 6.72. The number of piperidine rings is 1. The van der Waals surface area contributed by atoms with Gasteiger partial charge in [0.25, 0.3) is 0 Å². The molecular formula is C18H21ClFN3O3S2. The molecule has 0 aliphatic carbocycles. The minimum Gasteiger partial charge on any atom is -0.323 e. The molecule has 0 saturated carbocycles. The van der Waals surface area contributed by atoms with Crippen molar-refractivity contribution in [3.05, 3.63) is 46.6 Å². The Hall–Kier alpha value is -1.52. The van der Waals surface area contributed by atoms with Gasteiger partial charge < -0.3 is 5.32 Å². The topological polar surface area (TPSA) is 78.5 Å². The van der Waals surface area contributed by atoms with Crippen LogP contribution in [0.1, 0.15) is 19.8 Å². The first-order valence-electron chi connectivity index (χ1n) is 8.82. The fourth-order valence-electron chi connectivity index (χ4n) is 3.09. The maximum atomic E-state index is 13.1. The van der Waals surface area contributed by atoms with Crippen LogP contribution in [-0.4, -0.2) is 44.4 Å². The van der Waals surface area contributed by atoms with Crippen molar-refractivity contribution < 1.29 is 17.6 Å². The maximum Gasteiger partial charge on any atom is 0.250 e. The molecule has 6 nitrogen and oxygen atoms in total. The summed E-state index contributed by atoms with van der Waals surface area (Å²) in [6, 6.07) is 6.50. The lowest BCUT2D eigenvalue weighted by molar-refractivity contribution is -0.121. The molecule has 0 spiro atoms. The van der Waals surface area contributed by atoms with Crippen LogP contribution in [0.3, 0.4) is 0 Å². The van der Waals surface area contributed by atoms with Crippen molar-refractivity contribution in [2.24, 2.45) is 0 Å². The third-order valence-electron chi connectivity index (χ3n) is 4.73. The lowest BCUT2D eigenvalue weighted by Crippen LogP contribution is -2.50. The van der Waals surface area contributed by atoms with Crippen LogP contribution in [0.2, 0.25) is 5.02 Å². The number of likely N-dealkylation sites (tertiary alicyclic amines) is 1. The number of hydrogen-bond acceptors (Lipinski definition) is 5. The Balaban J connectivity index is 1.53. The predicted octanol–water partition coefficient (Wildman–Crippen LogP) is 3.31. The van der Waals surface area contributed by atoms with Gasteiger partial charge in [0.15, 0.2) is 0 Å². The van der Waals surface area contributed by atoms with Gasteiger partial charge in [-0.2, -0.15) is 0 Å². The molecule has 3 rings (SSSR count). The number of thiophene rings is 1. The van der Waals surface area contributed by atoms with E-state index in [2.05, 4.69) is 10.0 Å². The predicted molar refractivity (Wildman–Crippen MR) is 109 cm³/mol. The first-order valence-corrected chi connectivity index (χ1v) is 11.6. The highest BCUT2D eigenvalue weighted by atomic mass is 35.5. The number of carbonyl (C=O) groups is 1. The van der Waals surface area contributed by atoms with E-state index in [0.717, 1.165) is 6.07 Å². The molecule has 2 N–H and O–H groups in total. The number of rotatable bonds is 6. The molecule has 1 aliphatic heterocycles. The Morgan fingerprint density at radius 2 is 2.04 bits per heavy atom. The number of nitrogens with zero attached hydrogens (tertiary/aromatic N) is 1. The van der Waals surface area contributed by atoms with Gasteiger partial charge in [0.05, 0.1) is 16.8 Å². The molecule has 0 radical (unpaired) electrons. The maximum absolute atomic E-state index is 13.1. The van der Waals surface area contributed by atoms with Crippen molar-refractivity contribution in [2.75, 3.05) is 18.4 Å². The molecule has 2 heterocycles. The summed E-state index contributed by atoms with van der Waals surface area (Å²) in [6.07, 6.45) is 1.22. The van der Waals surface area contributed by atoms with Crippen LogP contribution in [0, 0.1) is 5.82 Å². The van der Waals surface area contributed by atoms with E-state index < -0.39 is 21.9 Å². The Morgan fingerprint density at radius 3 is 2.64 bits per heavy atom. The number of halogens is 2. The van der Waals surface area contributed by atoms with Gasteiger partial charge in [-0.3, -0.25) is 9.69 Å². The quantitative estimate of drug-likeness (QED) is 0.715. The van der Waals surface area contributed by atoms with Crippen LogP contribution >= 0.6 is 22.9 Å². The first kappa shape index (κ1) is 21.2. The number of nitrogens with one attached hydrogen (secondary N) is 2. The zero-order valence-electron chi connectivity index (χ0n) is 15.2. The average molecular weight is 446 g/mol. The van der Waals surface area contributed by atoms with Crippen LogP contribution in [-0.2, 0) is 14.8 Å². The minimum absolute atomic E-state index is 0.141. The SMILES string of the molecule is C[C@H](C(=O)Nc1ccc(F)cc1Cl)N1CCC(NS(=O)(=O)c2cccs2)CC1. The van der Waals surface area contributed by atoms with Gasteiger partial charge >= 0.3 is 0 Å². The van der Waals surface area contributed by atoms with Crippen LogP contribution in [0.25, 0.3) is 0 Å². The van der Waals surface area contributed by atoms with E-state index in [9.17, 15) is 17.6 Å². The monoisotopic (exact) mass is 445 g/mol. The molecular weight excluding hydrogens is 425 g/mol. The first-order chi connectivity index (χ1) is 13.3. The van der Waals surface area contributed by atoms with E-state index in [4.69, 9.17) is 11.6 Å². The van der Waals surface area contributed by atoms with E-state index in [1.165, 1.54) is 23.5 Å². The Morgan fingerprint density at radius 1 is 1.32 bits per heavy atom. The van der Waals surface area contributed by atoms with Crippen molar-refractivity contribution in [2.45, 2.75) is 36.1 Å². The molecule has 1 aromatic carbocycles. The number of anilines is 1. The highest BCUT2D eigenvalue weighted by Gasteiger charge is 2.29. The van der Waals surface area contributed by atoms with Crippen molar-refractivity contribution in [1.29, 1.82) is 0 Å². The standard InChI is InChI=1S/C18H21ClFN3O3S2/c1-12(18(24)21-16-5-4-13(20)11-15(16)19)23-8-6-14(7-9-23)22-28(25,26)17-3-2-10-27-17/h2-5,10-12,14,22H,6-9H2,1H3,(H,21,24)/t12-/m1/s1. The number of benzene rings is 1. The second kappa shape index (κ2) is 8.87. The minimum atomic E-state index is -3.49. The van der Waals surface area contributed by atoms with Gasteiger partial charge in [0.1, 0.15) is 10.0 Å². The van der Waals surface area contributed by atoms with E-state index in [1.807, 2.05) is 4.90 Å². The van der Waals surface area contributed by atoms with Gasteiger partial charge in [-0.05, 0) is 49.4 Å². The summed E-state index contributed by atoms with van der Waals surface area (Å²) >= 11 is 7.14. The van der Waals surface area contributed by atoms with Gasteiger partial charge in [-0.25, -0.2) is 17.5 Å². The van der Waals surface area contributed by atoms with Crippen LogP contribution in [0.4, 0.5) is 10.1 Å². The number of sulfonamides is 1. The van der Waals surface area contributed by atoms with Crippen LogP contribution < -0.4 is 10.0 Å². The summed E-state index contributed by atoms with van der Waals surface area (Å²) in [5.41, 5.74) is 0.360.